The topological polar surface area (TPSA) is 72.2 Å². The lowest BCUT2D eigenvalue weighted by molar-refractivity contribution is -0.121. The molecule has 4 heteroatoms. The fraction of sp³-hybridized carbons (Fsp3) is 0.529. The highest BCUT2D eigenvalue weighted by Crippen LogP contribution is 2.08. The second kappa shape index (κ2) is 9.97. The normalized spacial score (nSPS) is 10.3. The Kier molecular flexibility index (Phi) is 8.17. The predicted octanol–water partition coefficient (Wildman–Crippen LogP) is 2.86. The number of nitrogens with one attached hydrogen (secondary N) is 1. The van der Waals surface area contributed by atoms with Gasteiger partial charge >= 0.3 is 0 Å². The summed E-state index contributed by atoms with van der Waals surface area (Å²) < 4.78 is 0. The van der Waals surface area contributed by atoms with Gasteiger partial charge in [-0.15, -0.1) is 0 Å². The summed E-state index contributed by atoms with van der Waals surface area (Å²) in [4.78, 5) is 22.4. The summed E-state index contributed by atoms with van der Waals surface area (Å²) >= 11 is 0. The van der Waals surface area contributed by atoms with Gasteiger partial charge < -0.3 is 15.8 Å². The number of hydrogen-bond acceptors (Lipinski definition) is 3. The minimum atomic E-state index is 0.108. The van der Waals surface area contributed by atoms with Gasteiger partial charge in [0, 0.05) is 25.1 Å². The van der Waals surface area contributed by atoms with Crippen molar-refractivity contribution in [3.63, 3.8) is 0 Å². The van der Waals surface area contributed by atoms with Crippen molar-refractivity contribution in [1.82, 2.24) is 5.32 Å². The van der Waals surface area contributed by atoms with Crippen LogP contribution in [-0.2, 0) is 16.0 Å². The van der Waals surface area contributed by atoms with Crippen molar-refractivity contribution in [3.8, 4) is 0 Å². The minimum absolute atomic E-state index is 0.108. The van der Waals surface area contributed by atoms with Crippen LogP contribution in [0.5, 0.6) is 0 Å². The van der Waals surface area contributed by atoms with E-state index in [0.29, 0.717) is 19.4 Å². The van der Waals surface area contributed by atoms with E-state index in [0.717, 1.165) is 37.8 Å². The molecule has 0 heterocycles. The molecule has 1 rings (SSSR count). The average Bonchev–Trinajstić information content (AvgIpc) is 2.44. The highest BCUT2D eigenvalue weighted by Gasteiger charge is 2.01. The van der Waals surface area contributed by atoms with Gasteiger partial charge in [0.15, 0.2) is 0 Å². The van der Waals surface area contributed by atoms with E-state index in [1.165, 1.54) is 5.56 Å². The molecule has 1 aromatic carbocycles. The van der Waals surface area contributed by atoms with Gasteiger partial charge in [-0.25, -0.2) is 0 Å². The number of anilines is 1. The van der Waals surface area contributed by atoms with E-state index < -0.39 is 0 Å². The Morgan fingerprint density at radius 2 is 1.71 bits per heavy atom. The molecule has 1 amide bonds. The van der Waals surface area contributed by atoms with Gasteiger partial charge in [0.05, 0.1) is 0 Å². The summed E-state index contributed by atoms with van der Waals surface area (Å²) in [7, 11) is 0. The summed E-state index contributed by atoms with van der Waals surface area (Å²) in [6.45, 7) is 2.32. The van der Waals surface area contributed by atoms with Crippen LogP contribution >= 0.6 is 0 Å². The maximum atomic E-state index is 11.6. The maximum Gasteiger partial charge on any atom is 0.220 e. The quantitative estimate of drug-likeness (QED) is 0.514. The third kappa shape index (κ3) is 8.84. The first-order chi connectivity index (χ1) is 10.1. The van der Waals surface area contributed by atoms with Crippen molar-refractivity contribution < 1.29 is 9.59 Å². The number of rotatable bonds is 10. The molecule has 0 saturated heterocycles. The Hall–Kier alpha value is -1.84. The molecule has 0 unspecified atom stereocenters. The molecule has 4 nitrogen and oxygen atoms in total. The molecule has 0 radical (unpaired) electrons. The molecule has 0 bridgehead atoms. The number of hydrogen-bond donors (Lipinski definition) is 2. The standard InChI is InChI=1S/C17H26N2O2/c1-14(20)6-3-2-4-13-19-17(21)8-5-7-15-9-11-16(18)12-10-15/h9-12H,2-8,13,18H2,1H3,(H,19,21). The van der Waals surface area contributed by atoms with Gasteiger partial charge in [0.2, 0.25) is 5.91 Å². The van der Waals surface area contributed by atoms with E-state index in [-0.39, 0.29) is 11.7 Å². The van der Waals surface area contributed by atoms with Crippen molar-refractivity contribution in [3.05, 3.63) is 29.8 Å². The second-order valence-electron chi connectivity index (χ2n) is 5.46. The Bertz CT molecular complexity index is 441. The van der Waals surface area contributed by atoms with Crippen LogP contribution in [0.4, 0.5) is 5.69 Å². The lowest BCUT2D eigenvalue weighted by Gasteiger charge is -2.05. The van der Waals surface area contributed by atoms with E-state index in [1.54, 1.807) is 6.92 Å². The molecule has 3 N–H and O–H groups in total. The molecule has 0 aliphatic heterocycles. The molecule has 1 aromatic rings. The zero-order valence-corrected chi connectivity index (χ0v) is 12.9. The number of benzene rings is 1. The third-order valence-corrected chi connectivity index (χ3v) is 3.38. The van der Waals surface area contributed by atoms with E-state index >= 15 is 0 Å². The number of ketones is 1. The van der Waals surface area contributed by atoms with Gasteiger partial charge in [-0.1, -0.05) is 18.6 Å². The summed E-state index contributed by atoms with van der Waals surface area (Å²) in [5.41, 5.74) is 7.60. The molecule has 0 atom stereocenters. The number of nitrogen functional groups attached to an aromatic ring is 1. The van der Waals surface area contributed by atoms with Crippen LogP contribution < -0.4 is 11.1 Å². The van der Waals surface area contributed by atoms with E-state index in [1.807, 2.05) is 24.3 Å². The average molecular weight is 290 g/mol. The van der Waals surface area contributed by atoms with Gasteiger partial charge in [-0.05, 0) is 50.3 Å². The number of unbranched alkanes of at least 4 members (excludes halogenated alkanes) is 2. The summed E-state index contributed by atoms with van der Waals surface area (Å²) in [6.07, 6.45) is 5.80. The molecule has 21 heavy (non-hydrogen) atoms. The second-order valence-corrected chi connectivity index (χ2v) is 5.46. The van der Waals surface area contributed by atoms with Crippen LogP contribution in [0, 0.1) is 0 Å². The molecular weight excluding hydrogens is 264 g/mol. The van der Waals surface area contributed by atoms with Crippen molar-refractivity contribution in [2.45, 2.75) is 51.9 Å². The fourth-order valence-corrected chi connectivity index (χ4v) is 2.13. The van der Waals surface area contributed by atoms with Crippen molar-refractivity contribution in [2.24, 2.45) is 0 Å². The fourth-order valence-electron chi connectivity index (χ4n) is 2.13. The van der Waals surface area contributed by atoms with Crippen LogP contribution in [0.25, 0.3) is 0 Å². The lowest BCUT2D eigenvalue weighted by atomic mass is 10.1. The molecule has 0 spiro atoms. The highest BCUT2D eigenvalue weighted by atomic mass is 16.1. The smallest absolute Gasteiger partial charge is 0.220 e. The summed E-state index contributed by atoms with van der Waals surface area (Å²) in [5.74, 6) is 0.346. The SMILES string of the molecule is CC(=O)CCCCCNC(=O)CCCc1ccc(N)cc1. The van der Waals surface area contributed by atoms with Crippen LogP contribution in [-0.4, -0.2) is 18.2 Å². The van der Waals surface area contributed by atoms with Crippen LogP contribution in [0.2, 0.25) is 0 Å². The minimum Gasteiger partial charge on any atom is -0.399 e. The van der Waals surface area contributed by atoms with Gasteiger partial charge in [0.1, 0.15) is 5.78 Å². The number of Topliss-reactive ketones (excluding diaryl/α,β-unsaturated/α-hetero) is 1. The Morgan fingerprint density at radius 1 is 1.00 bits per heavy atom. The predicted molar refractivity (Wildman–Crippen MR) is 86.0 cm³/mol. The summed E-state index contributed by atoms with van der Waals surface area (Å²) in [5, 5.41) is 2.92. The van der Waals surface area contributed by atoms with Crippen LogP contribution in [0.15, 0.2) is 24.3 Å². The van der Waals surface area contributed by atoms with E-state index in [4.69, 9.17) is 5.73 Å². The molecule has 116 valence electrons. The Balaban J connectivity index is 2.01. The molecule has 0 aromatic heterocycles. The van der Waals surface area contributed by atoms with Crippen molar-refractivity contribution in [2.75, 3.05) is 12.3 Å². The largest absolute Gasteiger partial charge is 0.399 e. The van der Waals surface area contributed by atoms with Gasteiger partial charge in [0.25, 0.3) is 0 Å². The summed E-state index contributed by atoms with van der Waals surface area (Å²) in [6, 6.07) is 7.78. The molecule has 0 aliphatic carbocycles. The first-order valence-electron chi connectivity index (χ1n) is 7.68. The number of amides is 1. The van der Waals surface area contributed by atoms with Gasteiger partial charge in [-0.2, -0.15) is 0 Å². The van der Waals surface area contributed by atoms with Crippen LogP contribution in [0.3, 0.4) is 0 Å². The molecule has 0 fully saturated rings. The Labute approximate surface area is 127 Å². The lowest BCUT2D eigenvalue weighted by Crippen LogP contribution is -2.24. The first kappa shape index (κ1) is 17.2. The van der Waals surface area contributed by atoms with Crippen molar-refractivity contribution >= 4 is 17.4 Å². The first-order valence-corrected chi connectivity index (χ1v) is 7.68. The number of aryl methyl sites for hydroxylation is 1. The van der Waals surface area contributed by atoms with Crippen molar-refractivity contribution in [1.29, 1.82) is 0 Å². The third-order valence-electron chi connectivity index (χ3n) is 3.38. The maximum absolute atomic E-state index is 11.6. The molecule has 0 saturated carbocycles. The number of carbonyl (C=O) groups is 2. The number of carbonyl (C=O) groups excluding carboxylic acids is 2. The van der Waals surface area contributed by atoms with E-state index in [2.05, 4.69) is 5.32 Å². The molecular formula is C17H26N2O2. The number of nitrogens with two attached hydrogens (primary N) is 1. The van der Waals surface area contributed by atoms with Gasteiger partial charge in [-0.3, -0.25) is 4.79 Å². The zero-order chi connectivity index (χ0) is 15.5. The molecule has 0 aliphatic rings. The van der Waals surface area contributed by atoms with E-state index in [9.17, 15) is 9.59 Å². The van der Waals surface area contributed by atoms with Crippen LogP contribution in [0.1, 0.15) is 51.0 Å². The Morgan fingerprint density at radius 3 is 2.38 bits per heavy atom. The monoisotopic (exact) mass is 290 g/mol. The zero-order valence-electron chi connectivity index (χ0n) is 12.9. The highest BCUT2D eigenvalue weighted by molar-refractivity contribution is 5.76.